The van der Waals surface area contributed by atoms with Crippen molar-refractivity contribution in [3.8, 4) is 0 Å². The summed E-state index contributed by atoms with van der Waals surface area (Å²) in [6.45, 7) is 3.18. The zero-order valence-corrected chi connectivity index (χ0v) is 13.2. The second-order valence-corrected chi connectivity index (χ2v) is 6.18. The molecule has 0 aliphatic heterocycles. The van der Waals surface area contributed by atoms with Gasteiger partial charge in [0.15, 0.2) is 5.65 Å². The summed E-state index contributed by atoms with van der Waals surface area (Å²) < 4.78 is 4.32. The van der Waals surface area contributed by atoms with Gasteiger partial charge in [-0.3, -0.25) is 4.68 Å². The van der Waals surface area contributed by atoms with Crippen LogP contribution in [-0.2, 0) is 26.4 Å². The molecule has 0 spiro atoms. The first-order valence-corrected chi connectivity index (χ1v) is 8.25. The van der Waals surface area contributed by atoms with Crippen LogP contribution >= 0.6 is 11.6 Å². The molecule has 0 N–H and O–H groups in total. The minimum Gasteiger partial charge on any atom is -0.313 e. The summed E-state index contributed by atoms with van der Waals surface area (Å²) in [7, 11) is 2.02. The van der Waals surface area contributed by atoms with E-state index in [9.17, 15) is 0 Å². The highest BCUT2D eigenvalue weighted by Gasteiger charge is 2.22. The lowest BCUT2D eigenvalue weighted by molar-refractivity contribution is 0.560. The summed E-state index contributed by atoms with van der Waals surface area (Å²) in [5.74, 6) is 2.73. The molecule has 4 nitrogen and oxygen atoms in total. The SMILES string of the molecule is CCc1nn(C)c2c1nc(CCCl)n2CCCC1CC1. The number of alkyl halides is 1. The third-order valence-electron chi connectivity index (χ3n) is 4.21. The Bertz CT molecular complexity index is 595. The number of aromatic nitrogens is 4. The monoisotopic (exact) mass is 294 g/mol. The maximum atomic E-state index is 5.93. The average Bonchev–Trinajstić information content (AvgIpc) is 3.11. The molecule has 1 aliphatic carbocycles. The molecule has 0 unspecified atom stereocenters. The smallest absolute Gasteiger partial charge is 0.158 e. The van der Waals surface area contributed by atoms with Crippen molar-refractivity contribution in [3.63, 3.8) is 0 Å². The molecule has 0 radical (unpaired) electrons. The third-order valence-corrected chi connectivity index (χ3v) is 4.40. The Morgan fingerprint density at radius 2 is 2.15 bits per heavy atom. The lowest BCUT2D eigenvalue weighted by Crippen LogP contribution is -2.08. The van der Waals surface area contributed by atoms with Gasteiger partial charge in [-0.25, -0.2) is 4.98 Å². The van der Waals surface area contributed by atoms with Crippen LogP contribution in [0, 0.1) is 5.92 Å². The van der Waals surface area contributed by atoms with Crippen LogP contribution in [0.2, 0.25) is 0 Å². The molecular weight excluding hydrogens is 272 g/mol. The van der Waals surface area contributed by atoms with E-state index in [-0.39, 0.29) is 0 Å². The van der Waals surface area contributed by atoms with E-state index < -0.39 is 0 Å². The van der Waals surface area contributed by atoms with Crippen LogP contribution in [0.4, 0.5) is 0 Å². The van der Waals surface area contributed by atoms with Crippen molar-refractivity contribution in [2.24, 2.45) is 13.0 Å². The summed E-state index contributed by atoms with van der Waals surface area (Å²) in [5, 5.41) is 4.59. The second kappa shape index (κ2) is 5.76. The maximum Gasteiger partial charge on any atom is 0.158 e. The van der Waals surface area contributed by atoms with Crippen molar-refractivity contribution < 1.29 is 0 Å². The van der Waals surface area contributed by atoms with E-state index in [4.69, 9.17) is 16.6 Å². The molecule has 2 heterocycles. The Kier molecular flexibility index (Phi) is 4.01. The van der Waals surface area contributed by atoms with Gasteiger partial charge >= 0.3 is 0 Å². The van der Waals surface area contributed by atoms with Crippen LogP contribution < -0.4 is 0 Å². The van der Waals surface area contributed by atoms with Crippen LogP contribution in [0.3, 0.4) is 0 Å². The van der Waals surface area contributed by atoms with Crippen LogP contribution in [0.25, 0.3) is 11.2 Å². The lowest BCUT2D eigenvalue weighted by Gasteiger charge is -2.08. The third kappa shape index (κ3) is 2.58. The van der Waals surface area contributed by atoms with Crippen LogP contribution in [0.1, 0.15) is 44.1 Å². The Balaban J connectivity index is 1.91. The molecule has 1 fully saturated rings. The van der Waals surface area contributed by atoms with Crippen LogP contribution in [0.5, 0.6) is 0 Å². The molecule has 0 aromatic carbocycles. The van der Waals surface area contributed by atoms with E-state index in [2.05, 4.69) is 16.6 Å². The zero-order valence-electron chi connectivity index (χ0n) is 12.4. The van der Waals surface area contributed by atoms with Gasteiger partial charge in [-0.1, -0.05) is 19.8 Å². The van der Waals surface area contributed by atoms with Gasteiger partial charge in [0.05, 0.1) is 5.69 Å². The minimum absolute atomic E-state index is 0.626. The standard InChI is InChI=1S/C15H23ClN4/c1-3-12-14-15(19(2)18-12)20(13(17-14)8-9-16)10-4-5-11-6-7-11/h11H,3-10H2,1-2H3. The Morgan fingerprint density at radius 3 is 2.80 bits per heavy atom. The van der Waals surface area contributed by atoms with Crippen molar-refractivity contribution in [2.45, 2.75) is 52.0 Å². The minimum atomic E-state index is 0.626. The van der Waals surface area contributed by atoms with E-state index in [1.165, 1.54) is 25.7 Å². The van der Waals surface area contributed by atoms with Gasteiger partial charge in [0, 0.05) is 25.9 Å². The summed E-state index contributed by atoms with van der Waals surface area (Å²) in [6, 6.07) is 0. The number of hydrogen-bond donors (Lipinski definition) is 0. The number of hydrogen-bond acceptors (Lipinski definition) is 2. The molecule has 0 amide bonds. The molecule has 2 aromatic rings. The van der Waals surface area contributed by atoms with E-state index in [1.807, 2.05) is 11.7 Å². The van der Waals surface area contributed by atoms with Gasteiger partial charge in [0.25, 0.3) is 0 Å². The average molecular weight is 295 g/mol. The molecule has 1 saturated carbocycles. The van der Waals surface area contributed by atoms with Gasteiger partial charge in [0.2, 0.25) is 0 Å². The largest absolute Gasteiger partial charge is 0.313 e. The molecule has 0 atom stereocenters. The van der Waals surface area contributed by atoms with Gasteiger partial charge < -0.3 is 4.57 Å². The molecule has 3 rings (SSSR count). The first-order valence-electron chi connectivity index (χ1n) is 7.71. The molecule has 0 bridgehead atoms. The van der Waals surface area contributed by atoms with Crippen molar-refractivity contribution in [1.82, 2.24) is 19.3 Å². The number of rotatable bonds is 7. The molecule has 5 heteroatoms. The normalized spacial score (nSPS) is 15.3. The summed E-state index contributed by atoms with van der Waals surface area (Å²) >= 11 is 5.93. The van der Waals surface area contributed by atoms with Gasteiger partial charge in [-0.15, -0.1) is 11.6 Å². The molecule has 110 valence electrons. The number of halogens is 1. The van der Waals surface area contributed by atoms with E-state index in [0.717, 1.165) is 48.0 Å². The topological polar surface area (TPSA) is 35.6 Å². The molecule has 1 aliphatic rings. The second-order valence-electron chi connectivity index (χ2n) is 5.80. The predicted molar refractivity (Wildman–Crippen MR) is 82.3 cm³/mol. The highest BCUT2D eigenvalue weighted by atomic mass is 35.5. The van der Waals surface area contributed by atoms with E-state index in [0.29, 0.717) is 5.88 Å². The summed E-state index contributed by atoms with van der Waals surface area (Å²) in [6.07, 6.45) is 7.20. The highest BCUT2D eigenvalue weighted by Crippen LogP contribution is 2.34. The first kappa shape index (κ1) is 13.9. The fraction of sp³-hybridized carbons (Fsp3) is 0.733. The number of nitrogens with zero attached hydrogens (tertiary/aromatic N) is 4. The highest BCUT2D eigenvalue weighted by molar-refractivity contribution is 6.17. The number of imidazole rings is 1. The Labute approximate surface area is 125 Å². The Hall–Kier alpha value is -1.03. The van der Waals surface area contributed by atoms with E-state index in [1.54, 1.807) is 0 Å². The van der Waals surface area contributed by atoms with Crippen LogP contribution in [-0.4, -0.2) is 25.2 Å². The lowest BCUT2D eigenvalue weighted by atomic mass is 10.2. The van der Waals surface area contributed by atoms with Gasteiger partial charge in [-0.2, -0.15) is 5.10 Å². The quantitative estimate of drug-likeness (QED) is 0.735. The van der Waals surface area contributed by atoms with Crippen LogP contribution in [0.15, 0.2) is 0 Å². The number of aryl methyl sites for hydroxylation is 4. The van der Waals surface area contributed by atoms with Gasteiger partial charge in [0.1, 0.15) is 11.3 Å². The molecule has 0 saturated heterocycles. The molecule has 2 aromatic heterocycles. The maximum absolute atomic E-state index is 5.93. The van der Waals surface area contributed by atoms with Crippen molar-refractivity contribution >= 4 is 22.8 Å². The van der Waals surface area contributed by atoms with Gasteiger partial charge in [-0.05, 0) is 25.2 Å². The summed E-state index contributed by atoms with van der Waals surface area (Å²) in [5.41, 5.74) is 3.33. The predicted octanol–water partition coefficient (Wildman–Crippen LogP) is 3.30. The van der Waals surface area contributed by atoms with Crippen molar-refractivity contribution in [3.05, 3.63) is 11.5 Å². The fourth-order valence-electron chi connectivity index (χ4n) is 2.98. The van der Waals surface area contributed by atoms with Crippen molar-refractivity contribution in [2.75, 3.05) is 5.88 Å². The summed E-state index contributed by atoms with van der Waals surface area (Å²) in [4.78, 5) is 4.80. The molecular formula is C15H23ClN4. The number of fused-ring (bicyclic) bond motifs is 1. The zero-order chi connectivity index (χ0) is 14.1. The first-order chi connectivity index (χ1) is 9.74. The molecule has 20 heavy (non-hydrogen) atoms. The fourth-order valence-corrected chi connectivity index (χ4v) is 3.15. The Morgan fingerprint density at radius 1 is 1.35 bits per heavy atom. The van der Waals surface area contributed by atoms with Crippen molar-refractivity contribution in [1.29, 1.82) is 0 Å². The van der Waals surface area contributed by atoms with E-state index >= 15 is 0 Å².